The average molecular weight is 1800 g/mol. The first-order valence-corrected chi connectivity index (χ1v) is 42.0. The number of aliphatic hydroxyl groups excluding tert-OH is 6. The lowest BCUT2D eigenvalue weighted by Gasteiger charge is -2.48. The van der Waals surface area contributed by atoms with Gasteiger partial charge in [-0.1, -0.05) is 87.1 Å². The Bertz CT molecular complexity index is 2910. The van der Waals surface area contributed by atoms with E-state index in [1.807, 2.05) is 127 Å². The molecule has 5 aliphatic rings. The molecule has 0 radical (unpaired) electrons. The molecule has 0 bridgehead atoms. The van der Waals surface area contributed by atoms with Crippen LogP contribution in [0.2, 0.25) is 0 Å². The Hall–Kier alpha value is -2.46. The molecule has 5 fully saturated rings. The zero-order valence-corrected chi connectivity index (χ0v) is 77.4. The Kier molecular flexibility index (Phi) is 48.5. The van der Waals surface area contributed by atoms with E-state index in [2.05, 4.69) is 10.6 Å². The number of rotatable bonds is 25. The van der Waals surface area contributed by atoms with Gasteiger partial charge in [-0.05, 0) is 187 Å². The van der Waals surface area contributed by atoms with E-state index >= 15 is 0 Å². The summed E-state index contributed by atoms with van der Waals surface area (Å²) in [5, 5.41) is 124. The standard InChI is InChI=1S/C46H85N3O13.C38H71N3O10.CH4.ClH.HI/c1-15-17-18-20-35(50)47-21-19-22-49-26-27(3)24-44(9,55)41(62-43-37(51)33(48(12)13)23-28(4)58-43)29(5)38(61-36-25-45(10,57-14)40(53)32(8)59-36)30(6)42(54)60-34(16-2)46(11,56)39(52)31(49)7;1-12-14-15-17-30(42)39-18-16-19-41-22-23(3)21-37(8,47)34(51-36-32(44)28(40(10)11)20-24(4)49-36)25(5)31(43)26(6)35(46)50-29(13-2)38(9,48)33(45)27(41)7;;;/h17-18,27-34,36-41,43,51-53,55-56H,15-16,19-26H2,1-14H3,(H,47,50);14-15,23-29,31-34,36,43-45,47-48H,12-13,16-22H2,1-11H3,(H,39,42);1H4;2*1H/b18-17-;15-14-;;;/t27-,28-,29+,30-,31-,32+,33+,34-,36+,37-,38+,39-,40+,41-,43+,44-,45-,46-;23-,24-,25+,26-,27-,28+,29-,31+,32-,33-,34-,36+,37-,38-;;;/m11.../s1. The molecule has 0 aromatic rings. The van der Waals surface area contributed by atoms with Gasteiger partial charge in [-0.25, -0.2) is 0 Å². The fourth-order valence-electron chi connectivity index (χ4n) is 17.7. The summed E-state index contributed by atoms with van der Waals surface area (Å²) in [5.41, 5.74) is -7.99. The summed E-state index contributed by atoms with van der Waals surface area (Å²) in [6.07, 6.45) is -4.15. The van der Waals surface area contributed by atoms with Crippen LogP contribution in [-0.4, -0.2) is 325 Å². The van der Waals surface area contributed by atoms with Crippen molar-refractivity contribution < 1.29 is 113 Å². The number of allylic oxidation sites excluding steroid dienone is 2. The number of ether oxygens (including phenoxy) is 9. The third-order valence-electron chi connectivity index (χ3n) is 24.6. The van der Waals surface area contributed by atoms with Gasteiger partial charge in [-0.15, -0.1) is 36.4 Å². The Balaban J connectivity index is 0.00000115. The number of halogens is 2. The molecule has 32 atom stereocenters. The number of cyclic esters (lactones) is 2. The van der Waals surface area contributed by atoms with Crippen molar-refractivity contribution in [2.75, 3.05) is 74.6 Å². The van der Waals surface area contributed by atoms with Gasteiger partial charge in [0.25, 0.3) is 0 Å². The Morgan fingerprint density at radius 3 is 1.28 bits per heavy atom. The predicted molar refractivity (Wildman–Crippen MR) is 460 cm³/mol. The third-order valence-corrected chi connectivity index (χ3v) is 24.6. The first-order valence-electron chi connectivity index (χ1n) is 42.0. The normalized spacial score (nSPS) is 41.4. The van der Waals surface area contributed by atoms with Crippen LogP contribution in [0.3, 0.4) is 0 Å². The van der Waals surface area contributed by atoms with E-state index in [1.165, 1.54) is 27.9 Å². The van der Waals surface area contributed by atoms with Gasteiger partial charge in [0.05, 0.1) is 71.4 Å². The molecule has 5 heterocycles. The summed E-state index contributed by atoms with van der Waals surface area (Å²) < 4.78 is 56.3. The lowest BCUT2D eigenvalue weighted by atomic mass is 9.77. The molecule has 0 saturated carbocycles. The van der Waals surface area contributed by atoms with Crippen LogP contribution >= 0.6 is 36.4 Å². The number of aliphatic hydroxyl groups is 10. The summed E-state index contributed by atoms with van der Waals surface area (Å²) in [6.45, 7) is 37.7. The minimum atomic E-state index is -1.89. The summed E-state index contributed by atoms with van der Waals surface area (Å²) in [7, 11) is 9.00. The number of hydrogen-bond donors (Lipinski definition) is 12. The second-order valence-electron chi connectivity index (χ2n) is 35.5. The maximum atomic E-state index is 14.5. The average Bonchev–Trinajstić information content (AvgIpc) is 1.17. The maximum Gasteiger partial charge on any atom is 0.311 e. The lowest BCUT2D eigenvalue weighted by molar-refractivity contribution is -0.318. The molecule has 0 unspecified atom stereocenters. The van der Waals surface area contributed by atoms with Crippen LogP contribution in [0.5, 0.6) is 0 Å². The highest BCUT2D eigenvalue weighted by Crippen LogP contribution is 2.42. The van der Waals surface area contributed by atoms with Crippen LogP contribution in [0.25, 0.3) is 0 Å². The topological polar surface area (TPSA) is 391 Å². The summed E-state index contributed by atoms with van der Waals surface area (Å²) in [4.78, 5) is 60.7. The molecule has 29 nitrogen and oxygen atoms in total. The molecule has 0 aromatic heterocycles. The molecule has 684 valence electrons. The van der Waals surface area contributed by atoms with Crippen molar-refractivity contribution in [2.45, 2.75) is 386 Å². The molecule has 12 N–H and O–H groups in total. The van der Waals surface area contributed by atoms with E-state index < -0.39 is 168 Å². The van der Waals surface area contributed by atoms with Crippen LogP contribution in [0, 0.1) is 35.5 Å². The second kappa shape index (κ2) is 50.5. The summed E-state index contributed by atoms with van der Waals surface area (Å²) in [6, 6.07) is -1.84. The number of likely N-dealkylation sites (N-methyl/N-ethyl adjacent to an activating group) is 2. The first-order chi connectivity index (χ1) is 52.5. The number of carbonyl (C=O) groups is 4. The molecule has 5 aliphatic heterocycles. The maximum absolute atomic E-state index is 14.5. The summed E-state index contributed by atoms with van der Waals surface area (Å²) >= 11 is 0. The van der Waals surface area contributed by atoms with Gasteiger partial charge in [0.2, 0.25) is 11.8 Å². The molecule has 0 spiro atoms. The smallest absolute Gasteiger partial charge is 0.311 e. The molecule has 31 heteroatoms. The number of methoxy groups -OCH3 is 1. The van der Waals surface area contributed by atoms with Gasteiger partial charge in [-0.2, -0.15) is 0 Å². The van der Waals surface area contributed by atoms with E-state index in [4.69, 9.17) is 42.6 Å². The first kappa shape index (κ1) is 112. The number of nitrogens with zero attached hydrogens (tertiary/aromatic N) is 4. The van der Waals surface area contributed by atoms with E-state index in [9.17, 15) is 70.2 Å². The van der Waals surface area contributed by atoms with Crippen molar-refractivity contribution in [1.29, 1.82) is 0 Å². The molecule has 116 heavy (non-hydrogen) atoms. The fraction of sp³-hybridized carbons (Fsp3) is 0.906. The van der Waals surface area contributed by atoms with Crippen molar-refractivity contribution >= 4 is 60.1 Å². The highest BCUT2D eigenvalue weighted by atomic mass is 127. The van der Waals surface area contributed by atoms with Crippen LogP contribution < -0.4 is 10.6 Å². The van der Waals surface area contributed by atoms with E-state index in [1.54, 1.807) is 62.3 Å². The molecular formula is C85H162ClIN6O23. The molecule has 2 amide bonds. The van der Waals surface area contributed by atoms with Crippen LogP contribution in [0.4, 0.5) is 0 Å². The summed E-state index contributed by atoms with van der Waals surface area (Å²) in [5.74, 6) is -5.86. The Morgan fingerprint density at radius 2 is 0.922 bits per heavy atom. The van der Waals surface area contributed by atoms with Crippen molar-refractivity contribution in [1.82, 2.24) is 30.2 Å². The van der Waals surface area contributed by atoms with Crippen LogP contribution in [-0.2, 0) is 61.8 Å². The monoisotopic (exact) mass is 1800 g/mol. The quantitative estimate of drug-likeness (QED) is 0.0189. The highest BCUT2D eigenvalue weighted by molar-refractivity contribution is 14.0. The van der Waals surface area contributed by atoms with Crippen molar-refractivity contribution in [3.05, 3.63) is 24.3 Å². The van der Waals surface area contributed by atoms with Crippen LogP contribution in [0.1, 0.15) is 229 Å². The minimum absolute atomic E-state index is 0. The lowest BCUT2D eigenvalue weighted by Crippen LogP contribution is -2.60. The third kappa shape index (κ3) is 31.0. The molecule has 0 aliphatic carbocycles. The molecule has 0 aromatic carbocycles. The van der Waals surface area contributed by atoms with Gasteiger partial charge in [0, 0.05) is 102 Å². The number of esters is 2. The van der Waals surface area contributed by atoms with E-state index in [0.29, 0.717) is 71.4 Å². The van der Waals surface area contributed by atoms with E-state index in [0.717, 1.165) is 12.8 Å². The molecular weight excluding hydrogens is 1640 g/mol. The number of hydrogen-bond acceptors (Lipinski definition) is 27. The molecule has 5 saturated heterocycles. The van der Waals surface area contributed by atoms with E-state index in [-0.39, 0.29) is 130 Å². The van der Waals surface area contributed by atoms with Gasteiger partial charge >= 0.3 is 11.9 Å². The van der Waals surface area contributed by atoms with Gasteiger partial charge in [0.15, 0.2) is 18.9 Å². The number of carbonyl (C=O) groups excluding carboxylic acids is 4. The SMILES string of the molecule is C.CC/C=C\CC(=O)NCCCN1C[C@H](C)C[C@@](C)(O)[C@H](O[C@@H]2O[C@H](C)C[C@H](N(C)C)[C@H]2O)[C@@H](C)[C@H](O)[C@@H](C)C(=O)O[C@H](CC)[C@@](C)(O)[C@H](O)[C@H]1C.CC/C=C\CC(=O)NCCCN1C[C@H](C)C[C@@](C)(O)[C@H](O[C@@H]2O[C@H](C)C[C@H](N(C)C)[C@H]2O)[C@@H](C)[C@H](O[C@H]2C[C@@](C)(OC)[C@@H](O)[C@H](C)O2)[C@@H](C)C(=O)O[C@H](CC)[C@@](C)(O)[C@H](O)[C@H]1C.Cl.I. The zero-order chi connectivity index (χ0) is 85.7. The second-order valence-corrected chi connectivity index (χ2v) is 35.5. The minimum Gasteiger partial charge on any atom is -0.459 e. The van der Waals surface area contributed by atoms with Gasteiger partial charge in [0.1, 0.15) is 53.9 Å². The largest absolute Gasteiger partial charge is 0.459 e. The van der Waals surface area contributed by atoms with Crippen LogP contribution in [0.15, 0.2) is 24.3 Å². The Morgan fingerprint density at radius 1 is 0.543 bits per heavy atom. The number of nitrogens with one attached hydrogen (secondary N) is 2. The molecule has 5 rings (SSSR count). The zero-order valence-electron chi connectivity index (χ0n) is 74.2. The van der Waals surface area contributed by atoms with Crippen molar-refractivity contribution in [2.24, 2.45) is 35.5 Å². The predicted octanol–water partition coefficient (Wildman–Crippen LogP) is 7.02. The fourth-order valence-corrected chi connectivity index (χ4v) is 17.7. The Labute approximate surface area is 719 Å². The van der Waals surface area contributed by atoms with Crippen molar-refractivity contribution in [3.63, 3.8) is 0 Å². The van der Waals surface area contributed by atoms with Crippen molar-refractivity contribution in [3.8, 4) is 0 Å². The highest BCUT2D eigenvalue weighted by Gasteiger charge is 2.55. The van der Waals surface area contributed by atoms with Gasteiger partial charge in [-0.3, -0.25) is 29.0 Å². The van der Waals surface area contributed by atoms with Gasteiger partial charge < -0.3 is 114 Å². The number of amides is 2.